The molecule has 1 unspecified atom stereocenters. The molecule has 1 aromatic rings. The van der Waals surface area contributed by atoms with E-state index in [4.69, 9.17) is 15.2 Å². The number of hydrogen-bond donors (Lipinski definition) is 1. The Morgan fingerprint density at radius 1 is 1.39 bits per heavy atom. The van der Waals surface area contributed by atoms with Crippen LogP contribution in [-0.2, 0) is 0 Å². The highest BCUT2D eigenvalue weighted by atomic mass is 16.5. The van der Waals surface area contributed by atoms with E-state index in [2.05, 4.69) is 13.0 Å². The lowest BCUT2D eigenvalue weighted by Crippen LogP contribution is -2.08. The van der Waals surface area contributed by atoms with Crippen LogP contribution in [0.4, 0.5) is 0 Å². The number of ether oxygens (including phenoxy) is 2. The van der Waals surface area contributed by atoms with Gasteiger partial charge in [-0.3, -0.25) is 0 Å². The first kappa shape index (κ1) is 13.2. The van der Waals surface area contributed by atoms with Crippen molar-refractivity contribution in [3.8, 4) is 11.5 Å². The van der Waals surface area contributed by atoms with E-state index in [0.29, 0.717) is 12.5 Å². The highest BCUT2D eigenvalue weighted by molar-refractivity contribution is 5.48. The summed E-state index contributed by atoms with van der Waals surface area (Å²) in [5, 5.41) is 0. The SMILES string of the molecule is COc1cccc(C(C)CCN)c1OCC1CC1. The lowest BCUT2D eigenvalue weighted by molar-refractivity contribution is 0.276. The molecule has 0 aromatic heterocycles. The zero-order valence-electron chi connectivity index (χ0n) is 11.3. The Morgan fingerprint density at radius 3 is 2.78 bits per heavy atom. The normalized spacial score (nSPS) is 16.4. The molecular formula is C15H23NO2. The van der Waals surface area contributed by atoms with Crippen molar-refractivity contribution in [2.24, 2.45) is 11.7 Å². The molecule has 1 aromatic carbocycles. The fourth-order valence-electron chi connectivity index (χ4n) is 2.13. The molecule has 1 aliphatic carbocycles. The second-order valence-electron chi connectivity index (χ2n) is 5.11. The fraction of sp³-hybridized carbons (Fsp3) is 0.600. The maximum Gasteiger partial charge on any atom is 0.164 e. The van der Waals surface area contributed by atoms with Crippen molar-refractivity contribution < 1.29 is 9.47 Å². The highest BCUT2D eigenvalue weighted by Gasteiger charge is 2.24. The lowest BCUT2D eigenvalue weighted by Gasteiger charge is -2.19. The number of para-hydroxylation sites is 1. The first-order valence-corrected chi connectivity index (χ1v) is 6.76. The third-order valence-electron chi connectivity index (χ3n) is 3.52. The smallest absolute Gasteiger partial charge is 0.164 e. The summed E-state index contributed by atoms with van der Waals surface area (Å²) in [4.78, 5) is 0. The predicted octanol–water partition coefficient (Wildman–Crippen LogP) is 2.94. The van der Waals surface area contributed by atoms with Crippen LogP contribution in [0.15, 0.2) is 18.2 Å². The summed E-state index contributed by atoms with van der Waals surface area (Å²) in [7, 11) is 1.69. The number of nitrogens with two attached hydrogens (primary N) is 1. The zero-order valence-corrected chi connectivity index (χ0v) is 11.3. The van der Waals surface area contributed by atoms with Gasteiger partial charge < -0.3 is 15.2 Å². The van der Waals surface area contributed by atoms with Gasteiger partial charge in [0.05, 0.1) is 13.7 Å². The van der Waals surface area contributed by atoms with Crippen LogP contribution in [0.5, 0.6) is 11.5 Å². The fourth-order valence-corrected chi connectivity index (χ4v) is 2.13. The van der Waals surface area contributed by atoms with Gasteiger partial charge in [-0.25, -0.2) is 0 Å². The molecule has 1 fully saturated rings. The third-order valence-corrected chi connectivity index (χ3v) is 3.52. The number of benzene rings is 1. The lowest BCUT2D eigenvalue weighted by atomic mass is 9.96. The van der Waals surface area contributed by atoms with Crippen molar-refractivity contribution in [1.29, 1.82) is 0 Å². The van der Waals surface area contributed by atoms with Gasteiger partial charge in [-0.1, -0.05) is 19.1 Å². The molecule has 3 heteroatoms. The van der Waals surface area contributed by atoms with Crippen molar-refractivity contribution in [2.75, 3.05) is 20.3 Å². The standard InChI is InChI=1S/C15H23NO2/c1-11(8-9-16)13-4-3-5-14(17-2)15(13)18-10-12-6-7-12/h3-5,11-12H,6-10,16H2,1-2H3. The van der Waals surface area contributed by atoms with E-state index < -0.39 is 0 Å². The van der Waals surface area contributed by atoms with E-state index in [-0.39, 0.29) is 0 Å². The molecule has 0 aliphatic heterocycles. The van der Waals surface area contributed by atoms with Gasteiger partial charge in [0.25, 0.3) is 0 Å². The molecule has 0 saturated heterocycles. The van der Waals surface area contributed by atoms with Crippen LogP contribution in [-0.4, -0.2) is 20.3 Å². The maximum absolute atomic E-state index is 5.98. The topological polar surface area (TPSA) is 44.5 Å². The van der Waals surface area contributed by atoms with Gasteiger partial charge in [0.2, 0.25) is 0 Å². The Balaban J connectivity index is 2.18. The van der Waals surface area contributed by atoms with E-state index in [1.807, 2.05) is 12.1 Å². The minimum Gasteiger partial charge on any atom is -0.493 e. The molecule has 1 saturated carbocycles. The Hall–Kier alpha value is -1.22. The van der Waals surface area contributed by atoms with E-state index in [9.17, 15) is 0 Å². The Kier molecular flexibility index (Phi) is 4.48. The van der Waals surface area contributed by atoms with Crippen LogP contribution in [0.1, 0.15) is 37.7 Å². The summed E-state index contributed by atoms with van der Waals surface area (Å²) >= 11 is 0. The van der Waals surface area contributed by atoms with Crippen LogP contribution < -0.4 is 15.2 Å². The van der Waals surface area contributed by atoms with E-state index in [0.717, 1.165) is 30.4 Å². The third kappa shape index (κ3) is 3.16. The van der Waals surface area contributed by atoms with Gasteiger partial charge in [-0.05, 0) is 43.7 Å². The van der Waals surface area contributed by atoms with Crippen LogP contribution in [0.25, 0.3) is 0 Å². The predicted molar refractivity (Wildman–Crippen MR) is 73.3 cm³/mol. The first-order valence-electron chi connectivity index (χ1n) is 6.76. The molecule has 2 N–H and O–H groups in total. The summed E-state index contributed by atoms with van der Waals surface area (Å²) < 4.78 is 11.4. The van der Waals surface area contributed by atoms with E-state index in [1.54, 1.807) is 7.11 Å². The van der Waals surface area contributed by atoms with Crippen LogP contribution in [0.3, 0.4) is 0 Å². The number of hydrogen-bond acceptors (Lipinski definition) is 3. The van der Waals surface area contributed by atoms with Gasteiger partial charge in [0.15, 0.2) is 11.5 Å². The monoisotopic (exact) mass is 249 g/mol. The highest BCUT2D eigenvalue weighted by Crippen LogP contribution is 2.38. The second-order valence-corrected chi connectivity index (χ2v) is 5.11. The Labute approximate surface area is 109 Å². The average molecular weight is 249 g/mol. The molecule has 0 radical (unpaired) electrons. The minimum absolute atomic E-state index is 0.402. The molecule has 2 rings (SSSR count). The Morgan fingerprint density at radius 2 is 2.17 bits per heavy atom. The van der Waals surface area contributed by atoms with Crippen LogP contribution in [0.2, 0.25) is 0 Å². The summed E-state index contributed by atoms with van der Waals surface area (Å²) in [6.07, 6.45) is 3.55. The number of rotatable bonds is 7. The second kappa shape index (κ2) is 6.10. The molecule has 0 amide bonds. The van der Waals surface area contributed by atoms with Crippen LogP contribution in [0, 0.1) is 5.92 Å². The van der Waals surface area contributed by atoms with Crippen LogP contribution >= 0.6 is 0 Å². The summed E-state index contributed by atoms with van der Waals surface area (Å²) in [6, 6.07) is 6.09. The van der Waals surface area contributed by atoms with Crippen molar-refractivity contribution >= 4 is 0 Å². The van der Waals surface area contributed by atoms with Crippen molar-refractivity contribution in [1.82, 2.24) is 0 Å². The zero-order chi connectivity index (χ0) is 13.0. The van der Waals surface area contributed by atoms with Gasteiger partial charge >= 0.3 is 0 Å². The van der Waals surface area contributed by atoms with Gasteiger partial charge in [-0.2, -0.15) is 0 Å². The largest absolute Gasteiger partial charge is 0.493 e. The van der Waals surface area contributed by atoms with Gasteiger partial charge in [0.1, 0.15) is 0 Å². The molecular weight excluding hydrogens is 226 g/mol. The Bertz CT molecular complexity index is 388. The molecule has 1 aliphatic rings. The molecule has 3 nitrogen and oxygen atoms in total. The minimum atomic E-state index is 0.402. The van der Waals surface area contributed by atoms with Crippen molar-refractivity contribution in [2.45, 2.75) is 32.1 Å². The van der Waals surface area contributed by atoms with E-state index in [1.165, 1.54) is 18.4 Å². The average Bonchev–Trinajstić information content (AvgIpc) is 3.20. The summed E-state index contributed by atoms with van der Waals surface area (Å²) in [5.74, 6) is 2.89. The first-order chi connectivity index (χ1) is 8.76. The molecule has 0 spiro atoms. The molecule has 0 bridgehead atoms. The molecule has 0 heterocycles. The van der Waals surface area contributed by atoms with Gasteiger partial charge in [0, 0.05) is 5.56 Å². The van der Waals surface area contributed by atoms with Crippen molar-refractivity contribution in [3.05, 3.63) is 23.8 Å². The molecule has 100 valence electrons. The quantitative estimate of drug-likeness (QED) is 0.808. The summed E-state index contributed by atoms with van der Waals surface area (Å²) in [5.41, 5.74) is 6.86. The maximum atomic E-state index is 5.98. The van der Waals surface area contributed by atoms with E-state index >= 15 is 0 Å². The van der Waals surface area contributed by atoms with Crippen molar-refractivity contribution in [3.63, 3.8) is 0 Å². The summed E-state index contributed by atoms with van der Waals surface area (Å²) in [6.45, 7) is 3.69. The number of methoxy groups -OCH3 is 1. The van der Waals surface area contributed by atoms with Gasteiger partial charge in [-0.15, -0.1) is 0 Å². The molecule has 18 heavy (non-hydrogen) atoms. The molecule has 1 atom stereocenters.